The van der Waals surface area contributed by atoms with E-state index in [2.05, 4.69) is 4.74 Å². The topological polar surface area (TPSA) is 18.5 Å². The highest BCUT2D eigenvalue weighted by Gasteiger charge is 2.41. The van der Waals surface area contributed by atoms with E-state index in [1.807, 2.05) is 0 Å². The minimum Gasteiger partial charge on any atom is -0.497 e. The average Bonchev–Trinajstić information content (AvgIpc) is 2.26. The van der Waals surface area contributed by atoms with E-state index in [1.165, 1.54) is 25.3 Å². The van der Waals surface area contributed by atoms with Crippen molar-refractivity contribution in [3.8, 4) is 11.5 Å². The Balaban J connectivity index is 2.60. The van der Waals surface area contributed by atoms with Gasteiger partial charge in [-0.25, -0.2) is 8.78 Å². The SMILES string of the molecule is COc1cccc(OCC(F)(F)C(F)F)c1. The van der Waals surface area contributed by atoms with Gasteiger partial charge in [-0.05, 0) is 12.1 Å². The Morgan fingerprint density at radius 2 is 1.88 bits per heavy atom. The molecule has 0 aromatic heterocycles. The number of hydrogen-bond donors (Lipinski definition) is 0. The van der Waals surface area contributed by atoms with E-state index in [9.17, 15) is 17.6 Å². The van der Waals surface area contributed by atoms with Crippen molar-refractivity contribution in [1.29, 1.82) is 0 Å². The van der Waals surface area contributed by atoms with Crippen molar-refractivity contribution in [3.63, 3.8) is 0 Å². The Hall–Kier alpha value is -1.46. The van der Waals surface area contributed by atoms with Crippen LogP contribution in [0.1, 0.15) is 0 Å². The van der Waals surface area contributed by atoms with Gasteiger partial charge in [0, 0.05) is 6.07 Å². The highest BCUT2D eigenvalue weighted by atomic mass is 19.3. The zero-order chi connectivity index (χ0) is 12.2. The van der Waals surface area contributed by atoms with Crippen LogP contribution >= 0.6 is 0 Å². The summed E-state index contributed by atoms with van der Waals surface area (Å²) >= 11 is 0. The van der Waals surface area contributed by atoms with Crippen LogP contribution in [0, 0.1) is 0 Å². The van der Waals surface area contributed by atoms with Crippen LogP contribution in [0.25, 0.3) is 0 Å². The second-order valence-electron chi connectivity index (χ2n) is 3.03. The summed E-state index contributed by atoms with van der Waals surface area (Å²) < 4.78 is 58.0. The molecule has 0 spiro atoms. The molecule has 0 N–H and O–H groups in total. The number of alkyl halides is 4. The monoisotopic (exact) mass is 238 g/mol. The molecule has 90 valence electrons. The molecule has 0 fully saturated rings. The first-order chi connectivity index (χ1) is 7.45. The van der Waals surface area contributed by atoms with Crippen LogP contribution in [0.5, 0.6) is 11.5 Å². The molecule has 0 saturated heterocycles. The number of ether oxygens (including phenoxy) is 2. The average molecular weight is 238 g/mol. The van der Waals surface area contributed by atoms with E-state index in [4.69, 9.17) is 4.74 Å². The molecule has 0 heterocycles. The molecule has 1 aromatic carbocycles. The molecule has 0 saturated carbocycles. The van der Waals surface area contributed by atoms with Gasteiger partial charge in [-0.2, -0.15) is 8.78 Å². The predicted octanol–water partition coefficient (Wildman–Crippen LogP) is 2.97. The molecular weight excluding hydrogens is 228 g/mol. The number of halogens is 4. The summed E-state index contributed by atoms with van der Waals surface area (Å²) in [6.45, 7) is -1.36. The third-order valence-electron chi connectivity index (χ3n) is 1.79. The van der Waals surface area contributed by atoms with Gasteiger partial charge in [0.05, 0.1) is 7.11 Å². The molecule has 1 rings (SSSR count). The van der Waals surface area contributed by atoms with Crippen molar-refractivity contribution in [2.45, 2.75) is 12.3 Å². The Kier molecular flexibility index (Phi) is 3.98. The molecule has 16 heavy (non-hydrogen) atoms. The molecule has 1 aromatic rings. The summed E-state index contributed by atoms with van der Waals surface area (Å²) in [7, 11) is 1.40. The minimum absolute atomic E-state index is 0.0553. The van der Waals surface area contributed by atoms with E-state index < -0.39 is 19.0 Å². The summed E-state index contributed by atoms with van der Waals surface area (Å²) in [4.78, 5) is 0. The number of rotatable bonds is 5. The van der Waals surface area contributed by atoms with Crippen LogP contribution in [0.2, 0.25) is 0 Å². The lowest BCUT2D eigenvalue weighted by Gasteiger charge is -2.16. The standard InChI is InChI=1S/C10H10F4O2/c1-15-7-3-2-4-8(5-7)16-6-10(13,14)9(11)12/h2-5,9H,6H2,1H3. The maximum Gasteiger partial charge on any atom is 0.340 e. The molecule has 0 bridgehead atoms. The molecule has 0 amide bonds. The molecule has 0 aliphatic heterocycles. The molecule has 0 aliphatic carbocycles. The summed E-state index contributed by atoms with van der Waals surface area (Å²) in [6.07, 6.45) is -3.74. The van der Waals surface area contributed by atoms with Crippen molar-refractivity contribution in [2.24, 2.45) is 0 Å². The van der Waals surface area contributed by atoms with Crippen LogP contribution < -0.4 is 9.47 Å². The number of benzene rings is 1. The van der Waals surface area contributed by atoms with Gasteiger partial charge >= 0.3 is 12.3 Å². The van der Waals surface area contributed by atoms with E-state index >= 15 is 0 Å². The molecular formula is C10H10F4O2. The highest BCUT2D eigenvalue weighted by molar-refractivity contribution is 5.32. The van der Waals surface area contributed by atoms with Crippen molar-refractivity contribution in [3.05, 3.63) is 24.3 Å². The van der Waals surface area contributed by atoms with Crippen LogP contribution in [0.15, 0.2) is 24.3 Å². The first-order valence-electron chi connectivity index (χ1n) is 4.38. The van der Waals surface area contributed by atoms with Gasteiger partial charge in [0.25, 0.3) is 0 Å². The Bertz CT molecular complexity index is 341. The van der Waals surface area contributed by atoms with Gasteiger partial charge in [-0.15, -0.1) is 0 Å². The molecule has 2 nitrogen and oxygen atoms in total. The lowest BCUT2D eigenvalue weighted by Crippen LogP contribution is -2.33. The molecule has 6 heteroatoms. The van der Waals surface area contributed by atoms with E-state index in [0.29, 0.717) is 5.75 Å². The van der Waals surface area contributed by atoms with Gasteiger partial charge in [-0.3, -0.25) is 0 Å². The molecule has 0 unspecified atom stereocenters. The third kappa shape index (κ3) is 3.29. The van der Waals surface area contributed by atoms with Gasteiger partial charge in [0.15, 0.2) is 6.61 Å². The summed E-state index contributed by atoms with van der Waals surface area (Å²) in [5.41, 5.74) is 0. The predicted molar refractivity (Wildman–Crippen MR) is 49.4 cm³/mol. The second-order valence-corrected chi connectivity index (χ2v) is 3.03. The van der Waals surface area contributed by atoms with Gasteiger partial charge in [0.2, 0.25) is 0 Å². The lowest BCUT2D eigenvalue weighted by molar-refractivity contribution is -0.148. The van der Waals surface area contributed by atoms with Gasteiger partial charge < -0.3 is 9.47 Å². The van der Waals surface area contributed by atoms with Crippen LogP contribution in [0.4, 0.5) is 17.6 Å². The number of methoxy groups -OCH3 is 1. The zero-order valence-electron chi connectivity index (χ0n) is 8.42. The quantitative estimate of drug-likeness (QED) is 0.734. The van der Waals surface area contributed by atoms with Crippen LogP contribution in [-0.2, 0) is 0 Å². The maximum absolute atomic E-state index is 12.5. The smallest absolute Gasteiger partial charge is 0.340 e. The van der Waals surface area contributed by atoms with Crippen molar-refractivity contribution in [2.75, 3.05) is 13.7 Å². The van der Waals surface area contributed by atoms with Crippen LogP contribution in [-0.4, -0.2) is 26.1 Å². The molecule has 0 aliphatic rings. The molecule has 0 atom stereocenters. The Labute approximate surface area is 89.8 Å². The van der Waals surface area contributed by atoms with E-state index in [-0.39, 0.29) is 5.75 Å². The normalized spacial score (nSPS) is 11.6. The Morgan fingerprint density at radius 3 is 2.44 bits per heavy atom. The fourth-order valence-electron chi connectivity index (χ4n) is 0.934. The van der Waals surface area contributed by atoms with Crippen molar-refractivity contribution in [1.82, 2.24) is 0 Å². The maximum atomic E-state index is 12.5. The van der Waals surface area contributed by atoms with Gasteiger partial charge in [0.1, 0.15) is 11.5 Å². The first-order valence-corrected chi connectivity index (χ1v) is 4.38. The second kappa shape index (κ2) is 5.05. The Morgan fingerprint density at radius 1 is 1.25 bits per heavy atom. The highest BCUT2D eigenvalue weighted by Crippen LogP contribution is 2.25. The van der Waals surface area contributed by atoms with E-state index in [0.717, 1.165) is 0 Å². The van der Waals surface area contributed by atoms with E-state index in [1.54, 1.807) is 6.07 Å². The van der Waals surface area contributed by atoms with Crippen molar-refractivity contribution >= 4 is 0 Å². The fourth-order valence-corrected chi connectivity index (χ4v) is 0.934. The minimum atomic E-state index is -4.15. The third-order valence-corrected chi connectivity index (χ3v) is 1.79. The first kappa shape index (κ1) is 12.6. The van der Waals surface area contributed by atoms with Crippen molar-refractivity contribution < 1.29 is 27.0 Å². The summed E-state index contributed by atoms with van der Waals surface area (Å²) in [5, 5.41) is 0. The summed E-state index contributed by atoms with van der Waals surface area (Å²) in [6, 6.07) is 5.80. The number of hydrogen-bond acceptors (Lipinski definition) is 2. The largest absolute Gasteiger partial charge is 0.497 e. The lowest BCUT2D eigenvalue weighted by atomic mass is 10.3. The van der Waals surface area contributed by atoms with Gasteiger partial charge in [-0.1, -0.05) is 6.07 Å². The zero-order valence-corrected chi connectivity index (χ0v) is 8.42. The van der Waals surface area contributed by atoms with Crippen LogP contribution in [0.3, 0.4) is 0 Å². The fraction of sp³-hybridized carbons (Fsp3) is 0.400. The molecule has 0 radical (unpaired) electrons. The summed E-state index contributed by atoms with van der Waals surface area (Å²) in [5.74, 6) is -3.69.